The normalized spacial score (nSPS) is 16.3. The maximum absolute atomic E-state index is 13.2. The fourth-order valence-corrected chi connectivity index (χ4v) is 3.91. The van der Waals surface area contributed by atoms with Crippen LogP contribution in [-0.2, 0) is 12.6 Å². The quantitative estimate of drug-likeness (QED) is 0.470. The van der Waals surface area contributed by atoms with Crippen LogP contribution in [0.2, 0.25) is 0 Å². The molecule has 1 amide bonds. The first kappa shape index (κ1) is 24.6. The Morgan fingerprint density at radius 1 is 1.20 bits per heavy atom. The lowest BCUT2D eigenvalue weighted by Gasteiger charge is -2.26. The van der Waals surface area contributed by atoms with E-state index in [1.54, 1.807) is 12.1 Å². The zero-order valence-corrected chi connectivity index (χ0v) is 18.6. The Labute approximate surface area is 199 Å². The highest BCUT2D eigenvalue weighted by atomic mass is 19.4. The maximum atomic E-state index is 13.2. The van der Waals surface area contributed by atoms with E-state index in [1.165, 1.54) is 24.4 Å². The number of rotatable bonds is 7. The van der Waals surface area contributed by atoms with Gasteiger partial charge in [-0.25, -0.2) is 4.98 Å². The molecule has 2 atom stereocenters. The number of hydrogen-bond donors (Lipinski definition) is 3. The van der Waals surface area contributed by atoms with Crippen LogP contribution in [0.25, 0.3) is 11.3 Å². The molecule has 0 fully saturated rings. The predicted molar refractivity (Wildman–Crippen MR) is 121 cm³/mol. The monoisotopic (exact) mass is 487 g/mol. The molecule has 0 spiro atoms. The van der Waals surface area contributed by atoms with Crippen LogP contribution in [0.15, 0.2) is 54.7 Å². The van der Waals surface area contributed by atoms with Gasteiger partial charge in [-0.1, -0.05) is 18.2 Å². The van der Waals surface area contributed by atoms with Crippen molar-refractivity contribution in [2.45, 2.75) is 37.6 Å². The third kappa shape index (κ3) is 5.95. The number of halogens is 3. The molecular formula is C25H24F3N3O4. The lowest BCUT2D eigenvalue weighted by molar-refractivity contribution is -0.137. The summed E-state index contributed by atoms with van der Waals surface area (Å²) in [5, 5.41) is 21.3. The molecule has 1 aliphatic carbocycles. The molecule has 1 aromatic carbocycles. The average Bonchev–Trinajstić information content (AvgIpc) is 2.87. The highest BCUT2D eigenvalue weighted by Crippen LogP contribution is 2.34. The molecule has 0 bridgehead atoms. The first-order chi connectivity index (χ1) is 16.7. The summed E-state index contributed by atoms with van der Waals surface area (Å²) in [6.45, 7) is -0.635. The summed E-state index contributed by atoms with van der Waals surface area (Å²) in [7, 11) is 0. The number of aryl methyl sites for hydroxylation is 1. The highest BCUT2D eigenvalue weighted by Gasteiger charge is 2.31. The van der Waals surface area contributed by atoms with Crippen molar-refractivity contribution in [2.75, 3.05) is 13.2 Å². The molecule has 4 rings (SSSR count). The third-order valence-corrected chi connectivity index (χ3v) is 5.70. The number of nitrogens with one attached hydrogen (secondary N) is 1. The highest BCUT2D eigenvalue weighted by molar-refractivity contribution is 5.94. The molecule has 7 nitrogen and oxygen atoms in total. The van der Waals surface area contributed by atoms with Crippen molar-refractivity contribution in [3.05, 3.63) is 77.1 Å². The summed E-state index contributed by atoms with van der Waals surface area (Å²) in [5.74, 6) is -0.261. The molecule has 35 heavy (non-hydrogen) atoms. The molecule has 3 N–H and O–H groups in total. The minimum atomic E-state index is -4.45. The van der Waals surface area contributed by atoms with E-state index >= 15 is 0 Å². The maximum Gasteiger partial charge on any atom is 0.416 e. The minimum Gasteiger partial charge on any atom is -0.475 e. The van der Waals surface area contributed by atoms with Crippen LogP contribution in [0.5, 0.6) is 5.88 Å². The number of carbonyl (C=O) groups is 1. The van der Waals surface area contributed by atoms with Crippen LogP contribution >= 0.6 is 0 Å². The van der Waals surface area contributed by atoms with Gasteiger partial charge in [0.2, 0.25) is 5.88 Å². The molecule has 184 valence electrons. The number of aliphatic hydroxyl groups excluding tert-OH is 2. The molecule has 1 aliphatic rings. The Bertz CT molecular complexity index is 1200. The first-order valence-corrected chi connectivity index (χ1v) is 11.1. The molecule has 3 aromatic rings. The van der Waals surface area contributed by atoms with Crippen LogP contribution in [-0.4, -0.2) is 45.4 Å². The smallest absolute Gasteiger partial charge is 0.416 e. The van der Waals surface area contributed by atoms with Gasteiger partial charge in [0.25, 0.3) is 5.91 Å². The minimum absolute atomic E-state index is 0.124. The molecular weight excluding hydrogens is 463 g/mol. The van der Waals surface area contributed by atoms with Gasteiger partial charge in [-0.2, -0.15) is 13.2 Å². The van der Waals surface area contributed by atoms with Gasteiger partial charge in [-0.15, -0.1) is 0 Å². The molecule has 10 heteroatoms. The molecule has 2 unspecified atom stereocenters. The first-order valence-electron chi connectivity index (χ1n) is 11.1. The topological polar surface area (TPSA) is 105 Å². The van der Waals surface area contributed by atoms with Crippen LogP contribution in [0, 0.1) is 0 Å². The van der Waals surface area contributed by atoms with Gasteiger partial charge < -0.3 is 20.3 Å². The molecule has 2 heterocycles. The number of pyridine rings is 2. The van der Waals surface area contributed by atoms with Gasteiger partial charge in [0.05, 0.1) is 29.6 Å². The van der Waals surface area contributed by atoms with Gasteiger partial charge in [0.15, 0.2) is 0 Å². The van der Waals surface area contributed by atoms with Crippen molar-refractivity contribution < 1.29 is 32.9 Å². The fraction of sp³-hybridized carbons (Fsp3) is 0.320. The average molecular weight is 487 g/mol. The van der Waals surface area contributed by atoms with Gasteiger partial charge >= 0.3 is 6.18 Å². The number of carbonyl (C=O) groups excluding carboxylic acids is 1. The van der Waals surface area contributed by atoms with E-state index in [-0.39, 0.29) is 24.0 Å². The summed E-state index contributed by atoms with van der Waals surface area (Å²) >= 11 is 0. The summed E-state index contributed by atoms with van der Waals surface area (Å²) in [6, 6.07) is 11.1. The Kier molecular flexibility index (Phi) is 7.32. The van der Waals surface area contributed by atoms with Crippen molar-refractivity contribution in [1.82, 2.24) is 15.3 Å². The summed E-state index contributed by atoms with van der Waals surface area (Å²) in [6.07, 6.45) is -1.90. The van der Waals surface area contributed by atoms with Crippen molar-refractivity contribution in [1.29, 1.82) is 0 Å². The van der Waals surface area contributed by atoms with Crippen LogP contribution in [0.1, 0.15) is 46.1 Å². The molecule has 0 saturated carbocycles. The zero-order valence-electron chi connectivity index (χ0n) is 18.6. The van der Waals surface area contributed by atoms with E-state index < -0.39 is 30.5 Å². The lowest BCUT2D eigenvalue weighted by atomic mass is 9.90. The van der Waals surface area contributed by atoms with Gasteiger partial charge in [-0.3, -0.25) is 9.78 Å². The number of fused-ring (bicyclic) bond motifs is 1. The number of alkyl halides is 3. The van der Waals surface area contributed by atoms with E-state index in [0.29, 0.717) is 23.4 Å². The second kappa shape index (κ2) is 10.4. The molecule has 2 aromatic heterocycles. The number of nitrogens with zero attached hydrogens (tertiary/aromatic N) is 2. The second-order valence-corrected chi connectivity index (χ2v) is 8.27. The van der Waals surface area contributed by atoms with Crippen molar-refractivity contribution in [3.63, 3.8) is 0 Å². The Morgan fingerprint density at radius 2 is 2.03 bits per heavy atom. The number of aromatic nitrogens is 2. The third-order valence-electron chi connectivity index (χ3n) is 5.70. The number of hydrogen-bond acceptors (Lipinski definition) is 6. The van der Waals surface area contributed by atoms with E-state index in [9.17, 15) is 23.1 Å². The van der Waals surface area contributed by atoms with Crippen molar-refractivity contribution in [3.8, 4) is 17.1 Å². The van der Waals surface area contributed by atoms with Gasteiger partial charge in [-0.05, 0) is 49.1 Å². The summed E-state index contributed by atoms with van der Waals surface area (Å²) in [5.41, 5.74) is 1.86. The predicted octanol–water partition coefficient (Wildman–Crippen LogP) is 3.70. The Morgan fingerprint density at radius 3 is 2.80 bits per heavy atom. The van der Waals surface area contributed by atoms with E-state index in [1.807, 2.05) is 6.07 Å². The second-order valence-electron chi connectivity index (χ2n) is 8.27. The van der Waals surface area contributed by atoms with E-state index in [2.05, 4.69) is 15.3 Å². The lowest BCUT2D eigenvalue weighted by Crippen LogP contribution is -2.32. The largest absolute Gasteiger partial charge is 0.475 e. The van der Waals surface area contributed by atoms with E-state index in [4.69, 9.17) is 9.84 Å². The molecule has 0 radical (unpaired) electrons. The number of benzene rings is 1. The fourth-order valence-electron chi connectivity index (χ4n) is 3.91. The van der Waals surface area contributed by atoms with Crippen molar-refractivity contribution >= 4 is 5.91 Å². The number of aliphatic hydroxyl groups is 2. The zero-order chi connectivity index (χ0) is 25.0. The van der Waals surface area contributed by atoms with Gasteiger partial charge in [0, 0.05) is 23.4 Å². The molecule has 0 aliphatic heterocycles. The Balaban J connectivity index is 1.54. The van der Waals surface area contributed by atoms with Gasteiger partial charge in [0.1, 0.15) is 12.7 Å². The number of amides is 1. The SMILES string of the molecule is O=C(NC1CCCc2ccc(-c3cccc(C(F)(F)F)c3)nc21)c1ccnc(OCC(O)CO)c1. The standard InChI is InChI=1S/C25H24F3N3O4/c26-25(27,28)18-5-1-4-16(11-18)20-8-7-15-3-2-6-21(23(15)30-20)31-24(34)17-9-10-29-22(12-17)35-14-19(33)13-32/h1,4-5,7-12,19,21,32-33H,2-3,6,13-14H2,(H,31,34). The summed E-state index contributed by atoms with van der Waals surface area (Å²) in [4.78, 5) is 21.6. The Hall–Kier alpha value is -3.50. The molecule has 0 saturated heterocycles. The van der Waals surface area contributed by atoms with Crippen LogP contribution in [0.3, 0.4) is 0 Å². The van der Waals surface area contributed by atoms with Crippen molar-refractivity contribution in [2.24, 2.45) is 0 Å². The van der Waals surface area contributed by atoms with Crippen LogP contribution < -0.4 is 10.1 Å². The summed E-state index contributed by atoms with van der Waals surface area (Å²) < 4.78 is 44.8. The van der Waals surface area contributed by atoms with E-state index in [0.717, 1.165) is 30.5 Å². The number of ether oxygens (including phenoxy) is 1. The van der Waals surface area contributed by atoms with Crippen LogP contribution in [0.4, 0.5) is 13.2 Å².